The standard InChI is InChI=1S/C8H10FN3/c9-8(4-11-5-8)6-2-1-3-12-7(6)10/h1-3,11H,4-5H2,(H2,10,12). The molecule has 0 atom stereocenters. The molecule has 3 nitrogen and oxygen atoms in total. The Balaban J connectivity index is 2.39. The predicted molar refractivity (Wildman–Crippen MR) is 44.3 cm³/mol. The summed E-state index contributed by atoms with van der Waals surface area (Å²) in [6.07, 6.45) is 1.56. The van der Waals surface area contributed by atoms with Gasteiger partial charge in [-0.15, -0.1) is 0 Å². The van der Waals surface area contributed by atoms with E-state index in [0.717, 1.165) is 0 Å². The maximum Gasteiger partial charge on any atom is 0.164 e. The molecule has 12 heavy (non-hydrogen) atoms. The zero-order chi connectivity index (χ0) is 8.60. The molecule has 4 heteroatoms. The summed E-state index contributed by atoms with van der Waals surface area (Å²) in [4.78, 5) is 3.84. The lowest BCUT2D eigenvalue weighted by Crippen LogP contribution is -2.54. The normalized spacial score (nSPS) is 20.1. The van der Waals surface area contributed by atoms with Crippen LogP contribution in [0.15, 0.2) is 18.3 Å². The number of alkyl halides is 1. The quantitative estimate of drug-likeness (QED) is 0.637. The average Bonchev–Trinajstić information content (AvgIpc) is 2.01. The van der Waals surface area contributed by atoms with Gasteiger partial charge in [-0.25, -0.2) is 9.37 Å². The number of anilines is 1. The number of aromatic nitrogens is 1. The van der Waals surface area contributed by atoms with Gasteiger partial charge in [0.15, 0.2) is 5.67 Å². The van der Waals surface area contributed by atoms with Gasteiger partial charge in [0.05, 0.1) is 0 Å². The molecule has 1 aliphatic heterocycles. The summed E-state index contributed by atoms with van der Waals surface area (Å²) in [6, 6.07) is 3.38. The van der Waals surface area contributed by atoms with E-state index in [1.807, 2.05) is 0 Å². The number of rotatable bonds is 1. The van der Waals surface area contributed by atoms with Gasteiger partial charge in [0.25, 0.3) is 0 Å². The first kappa shape index (κ1) is 7.49. The minimum absolute atomic E-state index is 0.293. The van der Waals surface area contributed by atoms with Crippen molar-refractivity contribution in [3.8, 4) is 0 Å². The molecule has 0 aromatic carbocycles. The van der Waals surface area contributed by atoms with Crippen LogP contribution in [0.3, 0.4) is 0 Å². The molecule has 0 amide bonds. The number of hydrogen-bond donors (Lipinski definition) is 2. The lowest BCUT2D eigenvalue weighted by molar-refractivity contribution is 0.0897. The highest BCUT2D eigenvalue weighted by molar-refractivity contribution is 5.44. The van der Waals surface area contributed by atoms with Crippen molar-refractivity contribution in [1.29, 1.82) is 0 Å². The molecule has 0 saturated carbocycles. The molecule has 64 valence electrons. The third-order valence-corrected chi connectivity index (χ3v) is 2.13. The second-order valence-corrected chi connectivity index (χ2v) is 3.01. The largest absolute Gasteiger partial charge is 0.383 e. The van der Waals surface area contributed by atoms with Gasteiger partial charge in [0.2, 0.25) is 0 Å². The summed E-state index contributed by atoms with van der Waals surface area (Å²) in [6.45, 7) is 0.672. The second kappa shape index (κ2) is 2.42. The van der Waals surface area contributed by atoms with Crippen molar-refractivity contribution in [3.63, 3.8) is 0 Å². The van der Waals surface area contributed by atoms with Crippen LogP contribution in [0.1, 0.15) is 5.56 Å². The molecule has 0 unspecified atom stereocenters. The third kappa shape index (κ3) is 0.956. The molecular weight excluding hydrogens is 157 g/mol. The minimum Gasteiger partial charge on any atom is -0.383 e. The molecule has 3 N–H and O–H groups in total. The molecule has 2 rings (SSSR count). The van der Waals surface area contributed by atoms with Gasteiger partial charge >= 0.3 is 0 Å². The Kier molecular flexibility index (Phi) is 1.51. The summed E-state index contributed by atoms with van der Waals surface area (Å²) < 4.78 is 13.7. The Labute approximate surface area is 69.8 Å². The van der Waals surface area contributed by atoms with Crippen molar-refractivity contribution in [1.82, 2.24) is 10.3 Å². The van der Waals surface area contributed by atoms with Gasteiger partial charge in [-0.3, -0.25) is 0 Å². The maximum absolute atomic E-state index is 13.7. The van der Waals surface area contributed by atoms with Gasteiger partial charge in [0.1, 0.15) is 5.82 Å². The Morgan fingerprint density at radius 3 is 2.83 bits per heavy atom. The third-order valence-electron chi connectivity index (χ3n) is 2.13. The van der Waals surface area contributed by atoms with E-state index < -0.39 is 5.67 Å². The molecule has 0 aliphatic carbocycles. The van der Waals surface area contributed by atoms with E-state index in [4.69, 9.17) is 5.73 Å². The number of halogens is 1. The fourth-order valence-corrected chi connectivity index (χ4v) is 1.33. The van der Waals surface area contributed by atoms with E-state index >= 15 is 0 Å². The summed E-state index contributed by atoms with van der Waals surface area (Å²) in [5, 5.41) is 2.87. The SMILES string of the molecule is Nc1ncccc1C1(F)CNC1. The highest BCUT2D eigenvalue weighted by Crippen LogP contribution is 2.32. The Morgan fingerprint density at radius 1 is 1.58 bits per heavy atom. The highest BCUT2D eigenvalue weighted by atomic mass is 19.1. The van der Waals surface area contributed by atoms with E-state index in [1.54, 1.807) is 18.3 Å². The van der Waals surface area contributed by atoms with E-state index in [2.05, 4.69) is 10.3 Å². The second-order valence-electron chi connectivity index (χ2n) is 3.01. The Hall–Kier alpha value is -1.16. The smallest absolute Gasteiger partial charge is 0.164 e. The summed E-state index contributed by atoms with van der Waals surface area (Å²) in [5.74, 6) is 0.293. The molecule has 1 aliphatic rings. The monoisotopic (exact) mass is 167 g/mol. The van der Waals surface area contributed by atoms with E-state index in [0.29, 0.717) is 24.5 Å². The van der Waals surface area contributed by atoms with Crippen molar-refractivity contribution >= 4 is 5.82 Å². The number of pyridine rings is 1. The molecule has 1 aromatic heterocycles. The van der Waals surface area contributed by atoms with Crippen molar-refractivity contribution in [3.05, 3.63) is 23.9 Å². The molecule has 1 aromatic rings. The summed E-state index contributed by atoms with van der Waals surface area (Å²) >= 11 is 0. The van der Waals surface area contributed by atoms with Crippen molar-refractivity contribution in [2.24, 2.45) is 0 Å². The van der Waals surface area contributed by atoms with Crippen LogP contribution in [0, 0.1) is 0 Å². The van der Waals surface area contributed by atoms with Crippen molar-refractivity contribution < 1.29 is 4.39 Å². The fraction of sp³-hybridized carbons (Fsp3) is 0.375. The van der Waals surface area contributed by atoms with E-state index in [9.17, 15) is 4.39 Å². The lowest BCUT2D eigenvalue weighted by Gasteiger charge is -2.35. The Bertz CT molecular complexity index is 296. The van der Waals surface area contributed by atoms with Gasteiger partial charge in [-0.05, 0) is 6.07 Å². The number of nitrogens with one attached hydrogen (secondary N) is 1. The summed E-state index contributed by atoms with van der Waals surface area (Å²) in [5.41, 5.74) is 4.75. The topological polar surface area (TPSA) is 50.9 Å². The van der Waals surface area contributed by atoms with Crippen LogP contribution < -0.4 is 11.1 Å². The first-order valence-corrected chi connectivity index (χ1v) is 3.83. The minimum atomic E-state index is -1.29. The predicted octanol–water partition coefficient (Wildman–Crippen LogP) is 0.432. The van der Waals surface area contributed by atoms with Crippen LogP contribution in [-0.2, 0) is 5.67 Å². The molecule has 1 saturated heterocycles. The molecule has 0 bridgehead atoms. The zero-order valence-corrected chi connectivity index (χ0v) is 6.55. The van der Waals surface area contributed by atoms with E-state index in [-0.39, 0.29) is 0 Å². The maximum atomic E-state index is 13.7. The average molecular weight is 167 g/mol. The van der Waals surface area contributed by atoms with Crippen molar-refractivity contribution in [2.45, 2.75) is 5.67 Å². The van der Waals surface area contributed by atoms with Crippen LogP contribution in [0.4, 0.5) is 10.2 Å². The van der Waals surface area contributed by atoms with E-state index in [1.165, 1.54) is 0 Å². The fourth-order valence-electron chi connectivity index (χ4n) is 1.33. The lowest BCUT2D eigenvalue weighted by atomic mass is 9.91. The van der Waals surface area contributed by atoms with Gasteiger partial charge in [-0.1, -0.05) is 6.07 Å². The van der Waals surface area contributed by atoms with Crippen LogP contribution >= 0.6 is 0 Å². The number of nitrogens with zero attached hydrogens (tertiary/aromatic N) is 1. The zero-order valence-electron chi connectivity index (χ0n) is 6.55. The molecule has 0 radical (unpaired) electrons. The van der Waals surface area contributed by atoms with Crippen LogP contribution in [0.2, 0.25) is 0 Å². The number of nitrogen functional groups attached to an aromatic ring is 1. The van der Waals surface area contributed by atoms with Gasteiger partial charge < -0.3 is 11.1 Å². The first-order valence-electron chi connectivity index (χ1n) is 3.83. The van der Waals surface area contributed by atoms with Gasteiger partial charge in [-0.2, -0.15) is 0 Å². The van der Waals surface area contributed by atoms with Crippen molar-refractivity contribution in [2.75, 3.05) is 18.8 Å². The first-order chi connectivity index (χ1) is 5.72. The highest BCUT2D eigenvalue weighted by Gasteiger charge is 2.40. The summed E-state index contributed by atoms with van der Waals surface area (Å²) in [7, 11) is 0. The molecular formula is C8H10FN3. The molecule has 1 fully saturated rings. The van der Waals surface area contributed by atoms with Crippen LogP contribution in [0.25, 0.3) is 0 Å². The molecule has 2 heterocycles. The molecule has 0 spiro atoms. The number of hydrogen-bond acceptors (Lipinski definition) is 3. The van der Waals surface area contributed by atoms with Crippen LogP contribution in [0.5, 0.6) is 0 Å². The van der Waals surface area contributed by atoms with Crippen LogP contribution in [-0.4, -0.2) is 18.1 Å². The Morgan fingerprint density at radius 2 is 2.33 bits per heavy atom. The van der Waals surface area contributed by atoms with Gasteiger partial charge in [0, 0.05) is 24.8 Å². The number of nitrogens with two attached hydrogens (primary N) is 1.